The SMILES string of the molecule is CCCOC(=O)Cn1c(C)nc2sc3c(c2c1=O)CCC(C)C3. The average Bonchev–Trinajstić information content (AvgIpc) is 2.86. The molecule has 1 unspecified atom stereocenters. The van der Waals surface area contributed by atoms with Gasteiger partial charge in [0.25, 0.3) is 5.56 Å². The fourth-order valence-electron chi connectivity index (χ4n) is 3.10. The number of fused-ring (bicyclic) bond motifs is 3. The fourth-order valence-corrected chi connectivity index (χ4v) is 4.52. The van der Waals surface area contributed by atoms with E-state index in [0.29, 0.717) is 23.7 Å². The van der Waals surface area contributed by atoms with Crippen LogP contribution in [0.2, 0.25) is 0 Å². The van der Waals surface area contributed by atoms with E-state index in [1.54, 1.807) is 18.3 Å². The van der Waals surface area contributed by atoms with Gasteiger partial charge in [0.2, 0.25) is 0 Å². The molecular weight excluding hydrogens is 312 g/mol. The van der Waals surface area contributed by atoms with Crippen molar-refractivity contribution in [3.05, 3.63) is 26.6 Å². The van der Waals surface area contributed by atoms with Crippen LogP contribution in [-0.2, 0) is 28.9 Å². The lowest BCUT2D eigenvalue weighted by Gasteiger charge is -2.17. The van der Waals surface area contributed by atoms with Gasteiger partial charge in [-0.05, 0) is 44.1 Å². The first kappa shape index (κ1) is 16.2. The van der Waals surface area contributed by atoms with Crippen LogP contribution in [0, 0.1) is 12.8 Å². The number of ether oxygens (including phenoxy) is 1. The lowest BCUT2D eigenvalue weighted by Crippen LogP contribution is -2.28. The first-order chi connectivity index (χ1) is 11.0. The average molecular weight is 334 g/mol. The summed E-state index contributed by atoms with van der Waals surface area (Å²) in [6.07, 6.45) is 3.82. The van der Waals surface area contributed by atoms with Crippen molar-refractivity contribution in [2.24, 2.45) is 5.92 Å². The highest BCUT2D eigenvalue weighted by Crippen LogP contribution is 2.35. The summed E-state index contributed by atoms with van der Waals surface area (Å²) >= 11 is 1.63. The molecule has 0 aliphatic heterocycles. The Hall–Kier alpha value is -1.69. The van der Waals surface area contributed by atoms with Gasteiger partial charge in [0, 0.05) is 4.88 Å². The molecule has 2 heterocycles. The predicted molar refractivity (Wildman–Crippen MR) is 91.1 cm³/mol. The van der Waals surface area contributed by atoms with Gasteiger partial charge in [0.05, 0.1) is 12.0 Å². The van der Waals surface area contributed by atoms with Crippen molar-refractivity contribution in [1.29, 1.82) is 0 Å². The topological polar surface area (TPSA) is 61.2 Å². The van der Waals surface area contributed by atoms with Crippen LogP contribution >= 0.6 is 11.3 Å². The number of rotatable bonds is 4. The highest BCUT2D eigenvalue weighted by atomic mass is 32.1. The van der Waals surface area contributed by atoms with Crippen molar-refractivity contribution in [2.45, 2.75) is 53.0 Å². The van der Waals surface area contributed by atoms with Gasteiger partial charge >= 0.3 is 5.97 Å². The maximum atomic E-state index is 12.9. The van der Waals surface area contributed by atoms with E-state index in [2.05, 4.69) is 11.9 Å². The second-order valence-electron chi connectivity index (χ2n) is 6.30. The van der Waals surface area contributed by atoms with Crippen molar-refractivity contribution in [3.8, 4) is 0 Å². The molecule has 0 amide bonds. The molecule has 0 saturated heterocycles. The molecule has 1 aliphatic carbocycles. The Morgan fingerprint density at radius 1 is 1.48 bits per heavy atom. The molecule has 3 rings (SSSR count). The van der Waals surface area contributed by atoms with Crippen LogP contribution < -0.4 is 5.56 Å². The number of thiophene rings is 1. The van der Waals surface area contributed by atoms with E-state index in [4.69, 9.17) is 4.74 Å². The molecule has 0 bridgehead atoms. The summed E-state index contributed by atoms with van der Waals surface area (Å²) in [5, 5.41) is 0.714. The molecule has 23 heavy (non-hydrogen) atoms. The first-order valence-electron chi connectivity index (χ1n) is 8.18. The molecule has 2 aromatic heterocycles. The Kier molecular flexibility index (Phi) is 4.53. The molecule has 0 spiro atoms. The lowest BCUT2D eigenvalue weighted by atomic mass is 9.89. The molecule has 6 heteroatoms. The van der Waals surface area contributed by atoms with Gasteiger partial charge in [-0.25, -0.2) is 4.98 Å². The summed E-state index contributed by atoms with van der Waals surface area (Å²) in [4.78, 5) is 31.4. The Bertz CT molecular complexity index is 806. The number of aryl methyl sites for hydroxylation is 2. The molecule has 2 aromatic rings. The third-order valence-electron chi connectivity index (χ3n) is 4.36. The van der Waals surface area contributed by atoms with Crippen LogP contribution in [0.3, 0.4) is 0 Å². The van der Waals surface area contributed by atoms with E-state index in [0.717, 1.165) is 36.1 Å². The largest absolute Gasteiger partial charge is 0.464 e. The molecule has 124 valence electrons. The van der Waals surface area contributed by atoms with Crippen LogP contribution in [0.4, 0.5) is 0 Å². The van der Waals surface area contributed by atoms with Crippen LogP contribution in [0.5, 0.6) is 0 Å². The maximum absolute atomic E-state index is 12.9. The second-order valence-corrected chi connectivity index (χ2v) is 7.39. The Labute approximate surface area is 139 Å². The van der Waals surface area contributed by atoms with E-state index in [9.17, 15) is 9.59 Å². The third-order valence-corrected chi connectivity index (χ3v) is 5.51. The molecule has 1 atom stereocenters. The molecule has 5 nitrogen and oxygen atoms in total. The van der Waals surface area contributed by atoms with E-state index >= 15 is 0 Å². The number of carbonyl (C=O) groups excluding carboxylic acids is 1. The summed E-state index contributed by atoms with van der Waals surface area (Å²) in [7, 11) is 0. The minimum atomic E-state index is -0.379. The van der Waals surface area contributed by atoms with Gasteiger partial charge in [0.1, 0.15) is 17.2 Å². The molecule has 0 saturated carbocycles. The summed E-state index contributed by atoms with van der Waals surface area (Å²) in [6.45, 7) is 6.28. The van der Waals surface area contributed by atoms with Crippen LogP contribution in [0.25, 0.3) is 10.2 Å². The zero-order valence-corrected chi connectivity index (χ0v) is 14.7. The summed E-state index contributed by atoms with van der Waals surface area (Å²) < 4.78 is 6.55. The zero-order valence-electron chi connectivity index (χ0n) is 13.8. The Morgan fingerprint density at radius 3 is 3.00 bits per heavy atom. The smallest absolute Gasteiger partial charge is 0.326 e. The lowest BCUT2D eigenvalue weighted by molar-refractivity contribution is -0.144. The van der Waals surface area contributed by atoms with Crippen LogP contribution in [-0.4, -0.2) is 22.1 Å². The molecule has 0 aromatic carbocycles. The molecule has 0 fully saturated rings. The van der Waals surface area contributed by atoms with Gasteiger partial charge in [-0.2, -0.15) is 0 Å². The number of aromatic nitrogens is 2. The molecular formula is C17H22N2O3S. The summed E-state index contributed by atoms with van der Waals surface area (Å²) in [6, 6.07) is 0. The number of nitrogens with zero attached hydrogens (tertiary/aromatic N) is 2. The number of hydrogen-bond acceptors (Lipinski definition) is 5. The fraction of sp³-hybridized carbons (Fsp3) is 0.588. The van der Waals surface area contributed by atoms with Crippen molar-refractivity contribution >= 4 is 27.5 Å². The molecule has 0 N–H and O–H groups in total. The standard InChI is InChI=1S/C17H22N2O3S/c1-4-7-22-14(20)9-19-11(3)18-16-15(17(19)21)12-6-5-10(2)8-13(12)23-16/h10H,4-9H2,1-3H3. The predicted octanol–water partition coefficient (Wildman–Crippen LogP) is 2.84. The number of hydrogen-bond donors (Lipinski definition) is 0. The number of carbonyl (C=O) groups is 1. The second kappa shape index (κ2) is 6.43. The van der Waals surface area contributed by atoms with Crippen LogP contribution in [0.1, 0.15) is 43.0 Å². The van der Waals surface area contributed by atoms with Crippen molar-refractivity contribution < 1.29 is 9.53 Å². The van der Waals surface area contributed by atoms with E-state index < -0.39 is 0 Å². The summed E-state index contributed by atoms with van der Waals surface area (Å²) in [5.74, 6) is 0.849. The Balaban J connectivity index is 2.03. The third kappa shape index (κ3) is 3.04. The van der Waals surface area contributed by atoms with Gasteiger partial charge in [0.15, 0.2) is 0 Å². The van der Waals surface area contributed by atoms with Gasteiger partial charge in [-0.1, -0.05) is 13.8 Å². The quantitative estimate of drug-likeness (QED) is 0.807. The van der Waals surface area contributed by atoms with E-state index in [1.807, 2.05) is 6.92 Å². The van der Waals surface area contributed by atoms with Gasteiger partial charge < -0.3 is 4.74 Å². The van der Waals surface area contributed by atoms with Crippen molar-refractivity contribution in [3.63, 3.8) is 0 Å². The minimum Gasteiger partial charge on any atom is -0.464 e. The Morgan fingerprint density at radius 2 is 2.26 bits per heavy atom. The number of esters is 1. The summed E-state index contributed by atoms with van der Waals surface area (Å²) in [5.41, 5.74) is 1.05. The van der Waals surface area contributed by atoms with Crippen LogP contribution in [0.15, 0.2) is 4.79 Å². The van der Waals surface area contributed by atoms with Crippen molar-refractivity contribution in [2.75, 3.05) is 6.61 Å². The highest BCUT2D eigenvalue weighted by Gasteiger charge is 2.24. The van der Waals surface area contributed by atoms with Crippen molar-refractivity contribution in [1.82, 2.24) is 9.55 Å². The normalized spacial score (nSPS) is 17.3. The minimum absolute atomic E-state index is 0.0609. The zero-order chi connectivity index (χ0) is 16.6. The van der Waals surface area contributed by atoms with E-state index in [-0.39, 0.29) is 18.1 Å². The van der Waals surface area contributed by atoms with E-state index in [1.165, 1.54) is 9.44 Å². The molecule has 0 radical (unpaired) electrons. The molecule has 1 aliphatic rings. The highest BCUT2D eigenvalue weighted by molar-refractivity contribution is 7.18. The van der Waals surface area contributed by atoms with Gasteiger partial charge in [-0.15, -0.1) is 11.3 Å². The first-order valence-corrected chi connectivity index (χ1v) is 9.00. The van der Waals surface area contributed by atoms with Gasteiger partial charge in [-0.3, -0.25) is 14.2 Å². The monoisotopic (exact) mass is 334 g/mol. The maximum Gasteiger partial charge on any atom is 0.326 e.